The first-order valence-electron chi connectivity index (χ1n) is 9.57. The monoisotopic (exact) mass is 381 g/mol. The second-order valence-electron chi connectivity index (χ2n) is 7.26. The number of hydrogen-bond acceptors (Lipinski definition) is 7. The first kappa shape index (κ1) is 19.4. The molecular formula is C18H31N5O2S. The number of rotatable bonds is 5. The molecule has 3 heterocycles. The van der Waals surface area contributed by atoms with Crippen LogP contribution >= 0.6 is 11.3 Å². The van der Waals surface area contributed by atoms with E-state index in [1.165, 1.54) is 17.7 Å². The van der Waals surface area contributed by atoms with E-state index >= 15 is 0 Å². The van der Waals surface area contributed by atoms with E-state index in [0.29, 0.717) is 12.6 Å². The van der Waals surface area contributed by atoms with E-state index < -0.39 is 0 Å². The molecule has 2 aliphatic heterocycles. The number of hydrogen-bond donors (Lipinski definition) is 0. The van der Waals surface area contributed by atoms with Crippen LogP contribution in [0, 0.1) is 0 Å². The molecule has 0 radical (unpaired) electrons. The van der Waals surface area contributed by atoms with Crippen molar-refractivity contribution in [2.75, 3.05) is 64.9 Å². The molecule has 2 saturated heterocycles. The van der Waals surface area contributed by atoms with Gasteiger partial charge in [0.25, 0.3) is 0 Å². The van der Waals surface area contributed by atoms with Crippen LogP contribution < -0.4 is 4.90 Å². The highest BCUT2D eigenvalue weighted by Gasteiger charge is 2.29. The number of nitrogens with zero attached hydrogens (tertiary/aromatic N) is 5. The summed E-state index contributed by atoms with van der Waals surface area (Å²) in [5.74, 6) is 0. The Hall–Kier alpha value is -1.38. The van der Waals surface area contributed by atoms with Gasteiger partial charge in [-0.15, -0.1) is 11.3 Å². The van der Waals surface area contributed by atoms with Crippen LogP contribution in [-0.4, -0.2) is 91.8 Å². The Bertz CT molecular complexity index is 586. The maximum Gasteiger partial charge on any atom is 0.409 e. The molecule has 0 unspecified atom stereocenters. The molecule has 1 atom stereocenters. The Labute approximate surface area is 160 Å². The second kappa shape index (κ2) is 9.01. The molecule has 3 rings (SSSR count). The van der Waals surface area contributed by atoms with Crippen molar-refractivity contribution in [3.8, 4) is 0 Å². The lowest BCUT2D eigenvalue weighted by atomic mass is 10.0. The Morgan fingerprint density at radius 1 is 1.31 bits per heavy atom. The summed E-state index contributed by atoms with van der Waals surface area (Å²) in [5.41, 5.74) is 0. The van der Waals surface area contributed by atoms with Crippen molar-refractivity contribution in [1.29, 1.82) is 0 Å². The van der Waals surface area contributed by atoms with Gasteiger partial charge in [0.15, 0.2) is 5.13 Å². The molecule has 0 saturated carbocycles. The lowest BCUT2D eigenvalue weighted by Crippen LogP contribution is -2.55. The number of piperazine rings is 1. The van der Waals surface area contributed by atoms with Crippen molar-refractivity contribution in [3.63, 3.8) is 0 Å². The number of amides is 1. The predicted octanol–water partition coefficient (Wildman–Crippen LogP) is 1.95. The minimum Gasteiger partial charge on any atom is -0.450 e. The number of anilines is 1. The average Bonchev–Trinajstić information content (AvgIpc) is 3.11. The van der Waals surface area contributed by atoms with Gasteiger partial charge in [-0.1, -0.05) is 0 Å². The highest BCUT2D eigenvalue weighted by atomic mass is 32.1. The van der Waals surface area contributed by atoms with Crippen LogP contribution in [0.5, 0.6) is 0 Å². The lowest BCUT2D eigenvalue weighted by Gasteiger charge is -2.43. The van der Waals surface area contributed by atoms with Gasteiger partial charge < -0.3 is 14.5 Å². The summed E-state index contributed by atoms with van der Waals surface area (Å²) >= 11 is 1.78. The molecule has 0 bridgehead atoms. The summed E-state index contributed by atoms with van der Waals surface area (Å²) in [6.45, 7) is 9.01. The molecule has 0 N–H and O–H groups in total. The van der Waals surface area contributed by atoms with Crippen LogP contribution in [-0.2, 0) is 11.3 Å². The summed E-state index contributed by atoms with van der Waals surface area (Å²) < 4.78 is 5.12. The summed E-state index contributed by atoms with van der Waals surface area (Å²) in [5, 5.41) is 1.07. The average molecular weight is 382 g/mol. The second-order valence-corrected chi connectivity index (χ2v) is 8.35. The molecule has 1 amide bonds. The normalized spacial score (nSPS) is 22.4. The van der Waals surface area contributed by atoms with E-state index in [-0.39, 0.29) is 6.09 Å². The summed E-state index contributed by atoms with van der Waals surface area (Å²) in [4.78, 5) is 26.7. The number of ether oxygens (including phenoxy) is 1. The highest BCUT2D eigenvalue weighted by Crippen LogP contribution is 2.24. The van der Waals surface area contributed by atoms with E-state index in [9.17, 15) is 4.79 Å². The fraction of sp³-hybridized carbons (Fsp3) is 0.778. The Morgan fingerprint density at radius 2 is 2.08 bits per heavy atom. The zero-order valence-corrected chi connectivity index (χ0v) is 17.0. The van der Waals surface area contributed by atoms with Crippen LogP contribution in [0.25, 0.3) is 0 Å². The van der Waals surface area contributed by atoms with Crippen LogP contribution in [0.1, 0.15) is 24.6 Å². The molecule has 2 aliphatic rings. The summed E-state index contributed by atoms with van der Waals surface area (Å²) in [6.07, 6.45) is 4.34. The SMILES string of the molecule is CCOC(=O)N1CCN([C@@H]2CCCN(Cc3cnc(N(C)C)s3)C2)CC1. The van der Waals surface area contributed by atoms with Gasteiger partial charge in [-0.25, -0.2) is 9.78 Å². The van der Waals surface area contributed by atoms with Crippen LogP contribution in [0.4, 0.5) is 9.93 Å². The van der Waals surface area contributed by atoms with Gasteiger partial charge in [0.1, 0.15) is 0 Å². The Balaban J connectivity index is 1.48. The molecule has 26 heavy (non-hydrogen) atoms. The van der Waals surface area contributed by atoms with Crippen molar-refractivity contribution in [1.82, 2.24) is 19.7 Å². The number of thiazole rings is 1. The zero-order chi connectivity index (χ0) is 18.5. The third kappa shape index (κ3) is 4.86. The molecular weight excluding hydrogens is 350 g/mol. The topological polar surface area (TPSA) is 52.2 Å². The predicted molar refractivity (Wildman–Crippen MR) is 105 cm³/mol. The van der Waals surface area contributed by atoms with Gasteiger partial charge >= 0.3 is 6.09 Å². The smallest absolute Gasteiger partial charge is 0.409 e. The summed E-state index contributed by atoms with van der Waals surface area (Å²) in [6, 6.07) is 0.592. The van der Waals surface area contributed by atoms with Crippen LogP contribution in [0.2, 0.25) is 0 Å². The fourth-order valence-corrected chi connectivity index (χ4v) is 4.63. The Kier molecular flexibility index (Phi) is 6.72. The van der Waals surface area contributed by atoms with Gasteiger partial charge in [0.05, 0.1) is 6.61 Å². The third-order valence-corrected chi connectivity index (χ3v) is 6.29. The lowest BCUT2D eigenvalue weighted by molar-refractivity contribution is 0.0414. The number of likely N-dealkylation sites (tertiary alicyclic amines) is 1. The molecule has 1 aromatic rings. The maximum atomic E-state index is 11.9. The number of aromatic nitrogens is 1. The van der Waals surface area contributed by atoms with Crippen molar-refractivity contribution in [2.45, 2.75) is 32.4 Å². The van der Waals surface area contributed by atoms with Gasteiger partial charge in [-0.05, 0) is 26.3 Å². The number of carbonyl (C=O) groups is 1. The molecule has 1 aromatic heterocycles. The van der Waals surface area contributed by atoms with Crippen molar-refractivity contribution in [3.05, 3.63) is 11.1 Å². The van der Waals surface area contributed by atoms with Crippen molar-refractivity contribution < 1.29 is 9.53 Å². The van der Waals surface area contributed by atoms with E-state index in [1.807, 2.05) is 32.1 Å². The first-order chi connectivity index (χ1) is 12.6. The molecule has 7 nitrogen and oxygen atoms in total. The molecule has 0 aliphatic carbocycles. The van der Waals surface area contributed by atoms with Gasteiger partial charge in [-0.2, -0.15) is 0 Å². The maximum absolute atomic E-state index is 11.9. The van der Waals surface area contributed by atoms with Gasteiger partial charge in [0.2, 0.25) is 0 Å². The minimum absolute atomic E-state index is 0.167. The largest absolute Gasteiger partial charge is 0.450 e. The van der Waals surface area contributed by atoms with E-state index in [1.54, 1.807) is 11.3 Å². The van der Waals surface area contributed by atoms with Crippen LogP contribution in [0.15, 0.2) is 6.20 Å². The molecule has 0 spiro atoms. The minimum atomic E-state index is -0.167. The van der Waals surface area contributed by atoms with Gasteiger partial charge in [-0.3, -0.25) is 9.80 Å². The Morgan fingerprint density at radius 3 is 2.73 bits per heavy atom. The standard InChI is InChI=1S/C18H31N5O2S/c1-4-25-18(24)23-10-8-22(9-11-23)15-6-5-7-21(13-15)14-16-12-19-17(26-16)20(2)3/h12,15H,4-11,13-14H2,1-3H3/t15-/m1/s1. The molecule has 146 valence electrons. The van der Waals surface area contributed by atoms with E-state index in [4.69, 9.17) is 4.74 Å². The highest BCUT2D eigenvalue weighted by molar-refractivity contribution is 7.15. The fourth-order valence-electron chi connectivity index (χ4n) is 3.75. The molecule has 2 fully saturated rings. The number of carbonyl (C=O) groups excluding carboxylic acids is 1. The summed E-state index contributed by atoms with van der Waals surface area (Å²) in [7, 11) is 4.07. The molecule has 0 aromatic carbocycles. The number of piperidine rings is 1. The molecule has 8 heteroatoms. The zero-order valence-electron chi connectivity index (χ0n) is 16.2. The van der Waals surface area contributed by atoms with E-state index in [0.717, 1.165) is 50.9 Å². The van der Waals surface area contributed by atoms with Crippen molar-refractivity contribution >= 4 is 22.6 Å². The quantitative estimate of drug-likeness (QED) is 0.777. The van der Waals surface area contributed by atoms with Gasteiger partial charge in [0, 0.05) is 70.5 Å². The first-order valence-corrected chi connectivity index (χ1v) is 10.4. The third-order valence-electron chi connectivity index (χ3n) is 5.14. The van der Waals surface area contributed by atoms with Crippen molar-refractivity contribution in [2.24, 2.45) is 0 Å². The van der Waals surface area contributed by atoms with Crippen LogP contribution in [0.3, 0.4) is 0 Å². The van der Waals surface area contributed by atoms with E-state index in [2.05, 4.69) is 19.7 Å².